The first kappa shape index (κ1) is 19.2. The lowest BCUT2D eigenvalue weighted by Gasteiger charge is -2.07. The molecule has 0 aliphatic heterocycles. The number of hydrogen-bond donors (Lipinski definition) is 2. The van der Waals surface area contributed by atoms with E-state index in [1.54, 1.807) is 18.5 Å². The van der Waals surface area contributed by atoms with Crippen LogP contribution in [0, 0.1) is 6.92 Å². The van der Waals surface area contributed by atoms with Gasteiger partial charge in [0.1, 0.15) is 15.9 Å². The molecule has 0 aliphatic carbocycles. The van der Waals surface area contributed by atoms with Crippen LogP contribution in [0.15, 0.2) is 47.1 Å². The zero-order chi connectivity index (χ0) is 19.4. The van der Waals surface area contributed by atoms with Gasteiger partial charge >= 0.3 is 0 Å². The van der Waals surface area contributed by atoms with E-state index in [1.165, 1.54) is 13.0 Å². The van der Waals surface area contributed by atoms with E-state index in [1.807, 2.05) is 29.8 Å². The van der Waals surface area contributed by atoms with Gasteiger partial charge in [-0.1, -0.05) is 6.07 Å². The molecule has 0 aromatic carbocycles. The van der Waals surface area contributed by atoms with Crippen molar-refractivity contribution in [1.82, 2.24) is 24.6 Å². The van der Waals surface area contributed by atoms with Gasteiger partial charge in [-0.15, -0.1) is 11.3 Å². The summed E-state index contributed by atoms with van der Waals surface area (Å²) in [4.78, 5) is 20.2. The quantitative estimate of drug-likeness (QED) is 0.623. The maximum atomic E-state index is 12.4. The molecule has 0 unspecified atom stereocenters. The smallest absolute Gasteiger partial charge is 0.250 e. The largest absolute Gasteiger partial charge is 0.351 e. The number of pyridine rings is 1. The Morgan fingerprint density at radius 2 is 2.00 bits per heavy atom. The average molecular weight is 406 g/mol. The van der Waals surface area contributed by atoms with Crippen LogP contribution in [0.2, 0.25) is 0 Å². The molecule has 10 heteroatoms. The van der Waals surface area contributed by atoms with Crippen molar-refractivity contribution in [2.75, 3.05) is 0 Å². The number of rotatable bonds is 7. The van der Waals surface area contributed by atoms with Gasteiger partial charge < -0.3 is 5.32 Å². The highest BCUT2D eigenvalue weighted by atomic mass is 32.2. The molecule has 0 spiro atoms. The molecule has 3 heterocycles. The zero-order valence-electron chi connectivity index (χ0n) is 14.8. The lowest BCUT2D eigenvalue weighted by molar-refractivity contribution is -0.119. The molecule has 0 fully saturated rings. The summed E-state index contributed by atoms with van der Waals surface area (Å²) < 4.78 is 29.5. The van der Waals surface area contributed by atoms with Crippen LogP contribution in [0.25, 0.3) is 5.82 Å². The van der Waals surface area contributed by atoms with E-state index in [9.17, 15) is 13.2 Å². The van der Waals surface area contributed by atoms with Crippen molar-refractivity contribution >= 4 is 27.3 Å². The molecule has 0 radical (unpaired) electrons. The fourth-order valence-electron chi connectivity index (χ4n) is 2.34. The van der Waals surface area contributed by atoms with Crippen LogP contribution in [0.1, 0.15) is 23.2 Å². The second-order valence-corrected chi connectivity index (χ2v) is 8.99. The van der Waals surface area contributed by atoms with Crippen LogP contribution in [0.3, 0.4) is 0 Å². The van der Waals surface area contributed by atoms with Gasteiger partial charge in [-0.2, -0.15) is 0 Å². The normalized spacial score (nSPS) is 11.5. The molecule has 142 valence electrons. The Morgan fingerprint density at radius 3 is 2.63 bits per heavy atom. The first-order valence-corrected chi connectivity index (χ1v) is 10.4. The monoisotopic (exact) mass is 405 g/mol. The predicted octanol–water partition coefficient (Wildman–Crippen LogP) is 1.75. The second-order valence-electron chi connectivity index (χ2n) is 5.82. The number of hydrogen-bond acceptors (Lipinski definition) is 6. The van der Waals surface area contributed by atoms with E-state index in [4.69, 9.17) is 0 Å². The van der Waals surface area contributed by atoms with Gasteiger partial charge in [0, 0.05) is 36.9 Å². The van der Waals surface area contributed by atoms with E-state index in [2.05, 4.69) is 20.0 Å². The molecule has 0 atom stereocenters. The molecule has 3 aromatic heterocycles. The van der Waals surface area contributed by atoms with Crippen molar-refractivity contribution in [1.29, 1.82) is 0 Å². The Balaban J connectivity index is 1.63. The van der Waals surface area contributed by atoms with Crippen molar-refractivity contribution < 1.29 is 13.2 Å². The Kier molecular flexibility index (Phi) is 5.68. The molecule has 0 aliphatic rings. The van der Waals surface area contributed by atoms with Crippen molar-refractivity contribution in [3.8, 4) is 5.82 Å². The Bertz CT molecular complexity index is 1040. The van der Waals surface area contributed by atoms with Gasteiger partial charge in [-0.05, 0) is 30.7 Å². The number of imidazole rings is 1. The third-order valence-corrected chi connectivity index (χ3v) is 6.74. The standard InChI is InChI=1S/C17H19N5O3S2/c1-12-18-7-8-22(12)16-5-3-14(9-20-16)10-21-27(24,25)17-6-4-15(26-17)11-19-13(2)23/h3-9,21H,10-11H2,1-2H3,(H,19,23). The number of thiophene rings is 1. The molecular formula is C17H19N5O3S2. The summed E-state index contributed by atoms with van der Waals surface area (Å²) in [6, 6.07) is 6.86. The lowest BCUT2D eigenvalue weighted by Crippen LogP contribution is -2.22. The van der Waals surface area contributed by atoms with Gasteiger partial charge in [0.05, 0.1) is 6.54 Å². The Hall–Kier alpha value is -2.56. The summed E-state index contributed by atoms with van der Waals surface area (Å²) >= 11 is 1.13. The predicted molar refractivity (Wildman–Crippen MR) is 102 cm³/mol. The minimum absolute atomic E-state index is 0.136. The molecule has 2 N–H and O–H groups in total. The number of sulfonamides is 1. The van der Waals surface area contributed by atoms with Gasteiger partial charge in [0.15, 0.2) is 0 Å². The summed E-state index contributed by atoms with van der Waals surface area (Å²) in [5.74, 6) is 1.38. The SMILES string of the molecule is CC(=O)NCc1ccc(S(=O)(=O)NCc2ccc(-n3ccnc3C)nc2)s1. The average Bonchev–Trinajstić information content (AvgIpc) is 3.28. The van der Waals surface area contributed by atoms with Crippen LogP contribution in [0.4, 0.5) is 0 Å². The second kappa shape index (κ2) is 7.99. The van der Waals surface area contributed by atoms with Crippen LogP contribution in [-0.4, -0.2) is 28.9 Å². The number of carbonyl (C=O) groups excluding carboxylic acids is 1. The third-order valence-electron chi connectivity index (χ3n) is 3.76. The first-order valence-electron chi connectivity index (χ1n) is 8.13. The maximum Gasteiger partial charge on any atom is 0.250 e. The third kappa shape index (κ3) is 4.79. The van der Waals surface area contributed by atoms with E-state index >= 15 is 0 Å². The fraction of sp³-hybridized carbons (Fsp3) is 0.235. The van der Waals surface area contributed by atoms with E-state index in [0.717, 1.165) is 33.4 Å². The van der Waals surface area contributed by atoms with Gasteiger partial charge in [0.25, 0.3) is 0 Å². The minimum Gasteiger partial charge on any atom is -0.351 e. The van der Waals surface area contributed by atoms with Crippen LogP contribution in [-0.2, 0) is 27.9 Å². The lowest BCUT2D eigenvalue weighted by atomic mass is 10.3. The summed E-state index contributed by atoms with van der Waals surface area (Å²) in [7, 11) is -3.62. The molecule has 27 heavy (non-hydrogen) atoms. The summed E-state index contributed by atoms with van der Waals surface area (Å²) in [6.45, 7) is 3.75. The molecule has 0 saturated carbocycles. The van der Waals surface area contributed by atoms with E-state index < -0.39 is 10.0 Å². The molecule has 0 bridgehead atoms. The number of aryl methyl sites for hydroxylation is 1. The highest BCUT2D eigenvalue weighted by molar-refractivity contribution is 7.91. The van der Waals surface area contributed by atoms with Crippen LogP contribution in [0.5, 0.6) is 0 Å². The van der Waals surface area contributed by atoms with Crippen LogP contribution < -0.4 is 10.0 Å². The van der Waals surface area contributed by atoms with Crippen molar-refractivity contribution in [3.05, 3.63) is 59.1 Å². The first-order chi connectivity index (χ1) is 12.8. The molecular weight excluding hydrogens is 386 g/mol. The topological polar surface area (TPSA) is 106 Å². The van der Waals surface area contributed by atoms with Crippen molar-refractivity contribution in [2.24, 2.45) is 0 Å². The number of aromatic nitrogens is 3. The molecule has 3 rings (SSSR count). The molecule has 8 nitrogen and oxygen atoms in total. The van der Waals surface area contributed by atoms with E-state index in [-0.39, 0.29) is 16.7 Å². The molecule has 3 aromatic rings. The van der Waals surface area contributed by atoms with Crippen molar-refractivity contribution in [3.63, 3.8) is 0 Å². The van der Waals surface area contributed by atoms with Gasteiger partial charge in [0.2, 0.25) is 15.9 Å². The fourth-order valence-corrected chi connectivity index (χ4v) is 4.70. The van der Waals surface area contributed by atoms with E-state index in [0.29, 0.717) is 6.54 Å². The summed E-state index contributed by atoms with van der Waals surface area (Å²) in [6.07, 6.45) is 5.14. The van der Waals surface area contributed by atoms with Gasteiger partial charge in [-0.25, -0.2) is 23.1 Å². The highest BCUT2D eigenvalue weighted by Gasteiger charge is 2.17. The van der Waals surface area contributed by atoms with Gasteiger partial charge in [-0.3, -0.25) is 9.36 Å². The minimum atomic E-state index is -3.62. The highest BCUT2D eigenvalue weighted by Crippen LogP contribution is 2.21. The number of nitrogens with one attached hydrogen (secondary N) is 2. The molecule has 1 amide bonds. The number of carbonyl (C=O) groups is 1. The zero-order valence-corrected chi connectivity index (χ0v) is 16.5. The van der Waals surface area contributed by atoms with Crippen LogP contribution >= 0.6 is 11.3 Å². The Morgan fingerprint density at radius 1 is 1.19 bits per heavy atom. The summed E-state index contributed by atoms with van der Waals surface area (Å²) in [5.41, 5.74) is 0.745. The van der Waals surface area contributed by atoms with Crippen molar-refractivity contribution in [2.45, 2.75) is 31.1 Å². The number of nitrogens with zero attached hydrogens (tertiary/aromatic N) is 3. The molecule has 0 saturated heterocycles. The Labute approximate surface area is 161 Å². The summed E-state index contributed by atoms with van der Waals surface area (Å²) in [5, 5.41) is 2.65. The maximum absolute atomic E-state index is 12.4. The number of amides is 1.